The molecule has 1 saturated heterocycles. The molecule has 0 radical (unpaired) electrons. The first-order chi connectivity index (χ1) is 10.2. The van der Waals surface area contributed by atoms with Crippen molar-refractivity contribution in [3.8, 4) is 5.88 Å². The number of rotatable bonds is 8. The van der Waals surface area contributed by atoms with Gasteiger partial charge in [0.2, 0.25) is 5.82 Å². The first-order valence-electron chi connectivity index (χ1n) is 7.40. The summed E-state index contributed by atoms with van der Waals surface area (Å²) < 4.78 is 19.4. The van der Waals surface area contributed by atoms with E-state index in [4.69, 9.17) is 9.47 Å². The van der Waals surface area contributed by atoms with Crippen LogP contribution in [0.3, 0.4) is 0 Å². The van der Waals surface area contributed by atoms with Gasteiger partial charge in [-0.2, -0.15) is 4.37 Å². The molecule has 0 aliphatic carbocycles. The summed E-state index contributed by atoms with van der Waals surface area (Å²) in [5.74, 6) is 1.26. The summed E-state index contributed by atoms with van der Waals surface area (Å²) in [4.78, 5) is 2.10. The molecule has 2 heterocycles. The van der Waals surface area contributed by atoms with Gasteiger partial charge < -0.3 is 24.8 Å². The second-order valence-electron chi connectivity index (χ2n) is 5.17. The summed E-state index contributed by atoms with van der Waals surface area (Å²) in [6.07, 6.45) is 0.475. The van der Waals surface area contributed by atoms with Crippen LogP contribution in [0, 0.1) is 0 Å². The van der Waals surface area contributed by atoms with Crippen molar-refractivity contribution in [2.45, 2.75) is 32.4 Å². The zero-order valence-electron chi connectivity index (χ0n) is 12.6. The molecule has 2 atom stereocenters. The number of aliphatic hydroxyl groups is 1. The van der Waals surface area contributed by atoms with Crippen molar-refractivity contribution in [2.24, 2.45) is 0 Å². The minimum Gasteiger partial charge on any atom is -0.472 e. The molecule has 1 fully saturated rings. The lowest BCUT2D eigenvalue weighted by atomic mass is 10.2. The number of aliphatic hydroxyl groups excluding tert-OH is 1. The average Bonchev–Trinajstić information content (AvgIpc) is 2.99. The molecule has 1 aromatic heterocycles. The van der Waals surface area contributed by atoms with Gasteiger partial charge in [-0.05, 0) is 13.3 Å². The SMILES string of the molecule is CCC(C)NCC(O)COc1nsnc1N1CCOCC1. The molecule has 1 aliphatic heterocycles. The Morgan fingerprint density at radius 2 is 2.19 bits per heavy atom. The van der Waals surface area contributed by atoms with E-state index in [1.165, 1.54) is 0 Å². The van der Waals surface area contributed by atoms with Gasteiger partial charge >= 0.3 is 0 Å². The standard InChI is InChI=1S/C13H24N4O3S/c1-3-10(2)14-8-11(18)9-20-13-12(15-21-16-13)17-4-6-19-7-5-17/h10-11,14,18H,3-9H2,1-2H3. The van der Waals surface area contributed by atoms with Crippen LogP contribution in [0.15, 0.2) is 0 Å². The number of nitrogens with one attached hydrogen (secondary N) is 1. The van der Waals surface area contributed by atoms with Gasteiger partial charge in [-0.25, -0.2) is 0 Å². The smallest absolute Gasteiger partial charge is 0.270 e. The summed E-state index contributed by atoms with van der Waals surface area (Å²) in [7, 11) is 0. The molecule has 0 saturated carbocycles. The maximum atomic E-state index is 9.93. The molecular weight excluding hydrogens is 292 g/mol. The number of hydrogen-bond donors (Lipinski definition) is 2. The minimum atomic E-state index is -0.557. The van der Waals surface area contributed by atoms with Crippen molar-refractivity contribution in [2.75, 3.05) is 44.4 Å². The minimum absolute atomic E-state index is 0.214. The Labute approximate surface area is 129 Å². The molecule has 21 heavy (non-hydrogen) atoms. The van der Waals surface area contributed by atoms with Gasteiger partial charge in [0.25, 0.3) is 5.88 Å². The molecule has 0 aromatic carbocycles. The van der Waals surface area contributed by atoms with Crippen LogP contribution >= 0.6 is 11.7 Å². The van der Waals surface area contributed by atoms with Crippen molar-refractivity contribution < 1.29 is 14.6 Å². The Balaban J connectivity index is 1.79. The van der Waals surface area contributed by atoms with Crippen LogP contribution in [0.4, 0.5) is 5.82 Å². The molecule has 2 rings (SSSR count). The molecule has 0 bridgehead atoms. The number of morpholine rings is 1. The van der Waals surface area contributed by atoms with Crippen molar-refractivity contribution >= 4 is 17.5 Å². The second kappa shape index (κ2) is 8.47. The number of anilines is 1. The molecule has 0 spiro atoms. The number of ether oxygens (including phenoxy) is 2. The molecule has 2 N–H and O–H groups in total. The van der Waals surface area contributed by atoms with Gasteiger partial charge in [0.05, 0.1) is 24.9 Å². The quantitative estimate of drug-likeness (QED) is 0.723. The lowest BCUT2D eigenvalue weighted by molar-refractivity contribution is 0.101. The van der Waals surface area contributed by atoms with E-state index in [-0.39, 0.29) is 6.61 Å². The fraction of sp³-hybridized carbons (Fsp3) is 0.846. The lowest BCUT2D eigenvalue weighted by Gasteiger charge is -2.26. The maximum Gasteiger partial charge on any atom is 0.270 e. The van der Waals surface area contributed by atoms with Crippen LogP contribution in [-0.2, 0) is 4.74 Å². The van der Waals surface area contributed by atoms with Crippen LogP contribution in [-0.4, -0.2) is 65.5 Å². The van der Waals surface area contributed by atoms with Gasteiger partial charge in [-0.1, -0.05) is 6.92 Å². The molecule has 8 heteroatoms. The van der Waals surface area contributed by atoms with E-state index in [9.17, 15) is 5.11 Å². The van der Waals surface area contributed by atoms with Gasteiger partial charge in [0.15, 0.2) is 0 Å². The third kappa shape index (κ3) is 5.06. The van der Waals surface area contributed by atoms with E-state index < -0.39 is 6.10 Å². The third-order valence-corrected chi connectivity index (χ3v) is 3.98. The molecule has 120 valence electrons. The van der Waals surface area contributed by atoms with E-state index in [0.29, 0.717) is 31.7 Å². The third-order valence-electron chi connectivity index (χ3n) is 3.48. The largest absolute Gasteiger partial charge is 0.472 e. The fourth-order valence-corrected chi connectivity index (χ4v) is 2.47. The summed E-state index contributed by atoms with van der Waals surface area (Å²) in [5.41, 5.74) is 0. The lowest BCUT2D eigenvalue weighted by Crippen LogP contribution is -2.37. The molecule has 7 nitrogen and oxygen atoms in total. The van der Waals surface area contributed by atoms with Crippen LogP contribution < -0.4 is 15.0 Å². The van der Waals surface area contributed by atoms with Crippen molar-refractivity contribution in [1.29, 1.82) is 0 Å². The molecule has 1 aromatic rings. The Morgan fingerprint density at radius 3 is 2.90 bits per heavy atom. The van der Waals surface area contributed by atoms with Gasteiger partial charge in [-0.3, -0.25) is 0 Å². The van der Waals surface area contributed by atoms with E-state index in [0.717, 1.165) is 37.1 Å². The molecule has 2 unspecified atom stereocenters. The summed E-state index contributed by atoms with van der Waals surface area (Å²) in [6, 6.07) is 0.393. The van der Waals surface area contributed by atoms with E-state index in [2.05, 4.69) is 32.8 Å². The highest BCUT2D eigenvalue weighted by Gasteiger charge is 2.20. The van der Waals surface area contributed by atoms with Gasteiger partial charge in [0, 0.05) is 25.7 Å². The first-order valence-corrected chi connectivity index (χ1v) is 8.13. The van der Waals surface area contributed by atoms with E-state index >= 15 is 0 Å². The monoisotopic (exact) mass is 316 g/mol. The van der Waals surface area contributed by atoms with Crippen LogP contribution in [0.5, 0.6) is 5.88 Å². The van der Waals surface area contributed by atoms with Crippen molar-refractivity contribution in [1.82, 2.24) is 14.1 Å². The first kappa shape index (κ1) is 16.4. The highest BCUT2D eigenvalue weighted by molar-refractivity contribution is 6.99. The topological polar surface area (TPSA) is 79.7 Å². The predicted octanol–water partition coefficient (Wildman–Crippen LogP) is 0.502. The van der Waals surface area contributed by atoms with E-state index in [1.54, 1.807) is 0 Å². The Hall–Kier alpha value is -0.960. The molecule has 0 amide bonds. The highest BCUT2D eigenvalue weighted by atomic mass is 32.1. The summed E-state index contributed by atoms with van der Waals surface area (Å²) in [5, 5.41) is 13.2. The molecule has 1 aliphatic rings. The zero-order valence-corrected chi connectivity index (χ0v) is 13.4. The Kier molecular flexibility index (Phi) is 6.62. The van der Waals surface area contributed by atoms with Crippen molar-refractivity contribution in [3.63, 3.8) is 0 Å². The number of nitrogens with zero attached hydrogens (tertiary/aromatic N) is 3. The number of hydrogen-bond acceptors (Lipinski definition) is 8. The predicted molar refractivity (Wildman–Crippen MR) is 82.2 cm³/mol. The zero-order chi connectivity index (χ0) is 15.1. The highest BCUT2D eigenvalue weighted by Crippen LogP contribution is 2.26. The molecular formula is C13H24N4O3S. The van der Waals surface area contributed by atoms with Gasteiger partial charge in [0.1, 0.15) is 12.7 Å². The van der Waals surface area contributed by atoms with Crippen molar-refractivity contribution in [3.05, 3.63) is 0 Å². The Morgan fingerprint density at radius 1 is 1.43 bits per heavy atom. The average molecular weight is 316 g/mol. The van der Waals surface area contributed by atoms with Crippen LogP contribution in [0.1, 0.15) is 20.3 Å². The Bertz CT molecular complexity index is 412. The van der Waals surface area contributed by atoms with Gasteiger partial charge in [-0.15, -0.1) is 4.37 Å². The second-order valence-corrected chi connectivity index (χ2v) is 5.70. The maximum absolute atomic E-state index is 9.93. The van der Waals surface area contributed by atoms with Crippen LogP contribution in [0.2, 0.25) is 0 Å². The van der Waals surface area contributed by atoms with E-state index in [1.807, 2.05) is 0 Å². The fourth-order valence-electron chi connectivity index (χ4n) is 1.95. The number of aromatic nitrogens is 2. The normalized spacial score (nSPS) is 18.5. The van der Waals surface area contributed by atoms with Crippen LogP contribution in [0.25, 0.3) is 0 Å². The summed E-state index contributed by atoms with van der Waals surface area (Å²) >= 11 is 1.13. The summed E-state index contributed by atoms with van der Waals surface area (Å²) in [6.45, 7) is 7.90.